The first kappa shape index (κ1) is 63.5. The summed E-state index contributed by atoms with van der Waals surface area (Å²) < 4.78 is 47.0. The van der Waals surface area contributed by atoms with Gasteiger partial charge < -0.3 is 14.0 Å². The molecule has 1 aromatic carbocycles. The number of hydrogen-bond donors (Lipinski definition) is 0. The molecule has 1 rings (SSSR count). The summed E-state index contributed by atoms with van der Waals surface area (Å²) in [5.74, 6) is -1.82. The number of ether oxygens (including phenoxy) is 2. The SMILES string of the molecule is CCCCCCCCCCCCCCC/C=C/CCCCCCCOC(=O)c1cccc(S(=O)(=O)[O-])c1C(=O)OCCCCCCC/C=C/CCCCCCCCCCCCCCC.[Na+]. The summed E-state index contributed by atoms with van der Waals surface area (Å²) in [7, 11) is -5.03. The molecule has 0 bridgehead atoms. The number of hydrogen-bond acceptors (Lipinski definition) is 7. The van der Waals surface area contributed by atoms with E-state index >= 15 is 0 Å². The Morgan fingerprint density at radius 1 is 0.431 bits per heavy atom. The average Bonchev–Trinajstić information content (AvgIpc) is 3.28. The average molecular weight is 937 g/mol. The smallest absolute Gasteiger partial charge is 0.744 e. The van der Waals surface area contributed by atoms with Gasteiger partial charge in [-0.25, -0.2) is 18.0 Å². The molecule has 0 amide bonds. The second-order valence-corrected chi connectivity index (χ2v) is 19.9. The monoisotopic (exact) mass is 937 g/mol. The van der Waals surface area contributed by atoms with Gasteiger partial charge in [0.1, 0.15) is 10.1 Å². The fraction of sp³-hybridized carbons (Fsp3) is 0.786. The molecular formula is C56H97NaO7S. The van der Waals surface area contributed by atoms with Gasteiger partial charge in [0.05, 0.1) is 29.2 Å². The molecule has 0 radical (unpaired) electrons. The topological polar surface area (TPSA) is 110 Å². The van der Waals surface area contributed by atoms with Crippen LogP contribution in [0, 0.1) is 0 Å². The zero-order chi connectivity index (χ0) is 46.4. The van der Waals surface area contributed by atoms with Crippen molar-refractivity contribution in [2.24, 2.45) is 0 Å². The molecule has 9 heteroatoms. The number of unbranched alkanes of at least 4 members (excludes halogenated alkanes) is 36. The maximum absolute atomic E-state index is 13.1. The molecule has 0 fully saturated rings. The zero-order valence-electron chi connectivity index (χ0n) is 42.5. The molecule has 0 N–H and O–H groups in total. The Bertz CT molecular complexity index is 1410. The first-order valence-electron chi connectivity index (χ1n) is 27.1. The second-order valence-electron chi connectivity index (χ2n) is 18.5. The van der Waals surface area contributed by atoms with E-state index < -0.39 is 32.5 Å². The van der Waals surface area contributed by atoms with Gasteiger partial charge in [0, 0.05) is 0 Å². The molecule has 7 nitrogen and oxygen atoms in total. The van der Waals surface area contributed by atoms with E-state index in [9.17, 15) is 22.6 Å². The number of carbonyl (C=O) groups excluding carboxylic acids is 2. The first-order valence-corrected chi connectivity index (χ1v) is 28.5. The first-order chi connectivity index (χ1) is 31.3. The zero-order valence-corrected chi connectivity index (χ0v) is 45.3. The van der Waals surface area contributed by atoms with Crippen LogP contribution in [0.2, 0.25) is 0 Å². The maximum Gasteiger partial charge on any atom is 1.00 e. The van der Waals surface area contributed by atoms with E-state index in [1.807, 2.05) is 0 Å². The van der Waals surface area contributed by atoms with Crippen LogP contribution in [-0.4, -0.2) is 38.1 Å². The predicted octanol–water partition coefficient (Wildman–Crippen LogP) is 14.7. The minimum absolute atomic E-state index is 0. The third-order valence-electron chi connectivity index (χ3n) is 12.5. The van der Waals surface area contributed by atoms with Crippen molar-refractivity contribution in [3.8, 4) is 0 Å². The fourth-order valence-electron chi connectivity index (χ4n) is 8.42. The summed E-state index contributed by atoms with van der Waals surface area (Å²) in [4.78, 5) is 25.3. The molecule has 65 heavy (non-hydrogen) atoms. The number of esters is 2. The van der Waals surface area contributed by atoms with Gasteiger partial charge in [0.25, 0.3) is 0 Å². The summed E-state index contributed by atoms with van der Waals surface area (Å²) in [6, 6.07) is 3.63. The third-order valence-corrected chi connectivity index (χ3v) is 13.4. The Balaban J connectivity index is 0.0000410. The van der Waals surface area contributed by atoms with Gasteiger partial charge in [-0.2, -0.15) is 0 Å². The van der Waals surface area contributed by atoms with E-state index in [-0.39, 0.29) is 48.3 Å². The molecule has 1 aromatic rings. The molecule has 0 aliphatic rings. The van der Waals surface area contributed by atoms with Crippen molar-refractivity contribution in [1.82, 2.24) is 0 Å². The van der Waals surface area contributed by atoms with E-state index in [2.05, 4.69) is 38.2 Å². The van der Waals surface area contributed by atoms with E-state index in [4.69, 9.17) is 9.47 Å². The van der Waals surface area contributed by atoms with E-state index in [1.54, 1.807) is 0 Å². The van der Waals surface area contributed by atoms with Crippen LogP contribution in [0.1, 0.15) is 291 Å². The summed E-state index contributed by atoms with van der Waals surface area (Å²) in [6.45, 7) is 4.78. The van der Waals surface area contributed by atoms with Gasteiger partial charge in [-0.05, 0) is 76.3 Å². The van der Waals surface area contributed by atoms with Gasteiger partial charge in [-0.3, -0.25) is 0 Å². The standard InChI is InChI=1S/C56H98O7S.Na/c1-3-5-7-9-11-13-15-17-19-21-23-25-27-29-31-33-35-37-39-41-43-45-50-62-55(57)52-48-47-49-53(64(59,60)61)54(52)56(58)63-51-46-44-42-40-38-36-34-32-30-28-26-24-22-20-18-16-14-12-10-8-6-4-2;/h31-34,47-49H,3-30,35-46,50-51H2,1-2H3,(H,59,60,61);/q;+1/p-1/b33-31+,34-32+;. The van der Waals surface area contributed by atoms with Crippen LogP contribution >= 0.6 is 0 Å². The molecule has 0 aromatic heterocycles. The van der Waals surface area contributed by atoms with Crippen molar-refractivity contribution < 1.29 is 61.6 Å². The Hall–Kier alpha value is -1.45. The van der Waals surface area contributed by atoms with Crippen molar-refractivity contribution in [2.45, 2.75) is 276 Å². The number of carbonyl (C=O) groups is 2. The van der Waals surface area contributed by atoms with Crippen LogP contribution in [0.15, 0.2) is 47.4 Å². The van der Waals surface area contributed by atoms with Gasteiger partial charge >= 0.3 is 41.5 Å². The second kappa shape index (κ2) is 47.6. The molecule has 0 atom stereocenters. The molecule has 0 heterocycles. The molecule has 0 unspecified atom stereocenters. The minimum atomic E-state index is -5.03. The van der Waals surface area contributed by atoms with Crippen LogP contribution < -0.4 is 29.6 Å². The number of benzene rings is 1. The van der Waals surface area contributed by atoms with Gasteiger partial charge in [0.15, 0.2) is 0 Å². The van der Waals surface area contributed by atoms with Crippen LogP contribution in [0.25, 0.3) is 0 Å². The number of allylic oxidation sites excluding steroid dienone is 4. The summed E-state index contributed by atoms with van der Waals surface area (Å²) in [6.07, 6.45) is 59.2. The van der Waals surface area contributed by atoms with Crippen molar-refractivity contribution in [3.63, 3.8) is 0 Å². The van der Waals surface area contributed by atoms with Crippen molar-refractivity contribution >= 4 is 22.1 Å². The van der Waals surface area contributed by atoms with Crippen molar-refractivity contribution in [3.05, 3.63) is 53.6 Å². The van der Waals surface area contributed by atoms with E-state index in [0.717, 1.165) is 76.7 Å². The van der Waals surface area contributed by atoms with Crippen LogP contribution in [0.3, 0.4) is 0 Å². The van der Waals surface area contributed by atoms with Crippen molar-refractivity contribution in [1.29, 1.82) is 0 Å². The largest absolute Gasteiger partial charge is 1.00 e. The molecule has 0 aliphatic heterocycles. The summed E-state index contributed by atoms with van der Waals surface area (Å²) >= 11 is 0. The Labute approximate surface area is 423 Å². The molecule has 370 valence electrons. The van der Waals surface area contributed by atoms with E-state index in [1.165, 1.54) is 185 Å². The van der Waals surface area contributed by atoms with Gasteiger partial charge in [-0.1, -0.05) is 237 Å². The fourth-order valence-corrected chi connectivity index (χ4v) is 9.11. The van der Waals surface area contributed by atoms with Crippen LogP contribution in [0.5, 0.6) is 0 Å². The van der Waals surface area contributed by atoms with E-state index in [0.29, 0.717) is 12.8 Å². The molecule has 0 spiro atoms. The van der Waals surface area contributed by atoms with Gasteiger partial charge in [-0.15, -0.1) is 0 Å². The van der Waals surface area contributed by atoms with Crippen LogP contribution in [0.4, 0.5) is 0 Å². The maximum atomic E-state index is 13.1. The summed E-state index contributed by atoms with van der Waals surface area (Å²) in [5, 5.41) is 0. The molecule has 0 saturated carbocycles. The minimum Gasteiger partial charge on any atom is -0.744 e. The molecule has 0 saturated heterocycles. The predicted molar refractivity (Wildman–Crippen MR) is 269 cm³/mol. The normalized spacial score (nSPS) is 11.7. The molecule has 0 aliphatic carbocycles. The van der Waals surface area contributed by atoms with Crippen LogP contribution in [-0.2, 0) is 19.6 Å². The van der Waals surface area contributed by atoms with Gasteiger partial charge in [0.2, 0.25) is 0 Å². The molecular weight excluding hydrogens is 840 g/mol. The quantitative estimate of drug-likeness (QED) is 0.0210. The van der Waals surface area contributed by atoms with Crippen molar-refractivity contribution in [2.75, 3.05) is 13.2 Å². The Morgan fingerprint density at radius 3 is 1.02 bits per heavy atom. The third kappa shape index (κ3) is 39.1. The Morgan fingerprint density at radius 2 is 0.708 bits per heavy atom. The Kier molecular flexibility index (Phi) is 46.5. The number of rotatable bonds is 47. The summed E-state index contributed by atoms with van der Waals surface area (Å²) in [5.41, 5.74) is -0.787.